The van der Waals surface area contributed by atoms with E-state index in [-0.39, 0.29) is 5.69 Å². The van der Waals surface area contributed by atoms with E-state index in [0.717, 1.165) is 5.56 Å². The third kappa shape index (κ3) is 4.21. The molecule has 3 aromatic rings. The Kier molecular flexibility index (Phi) is 5.33. The molecule has 0 saturated carbocycles. The molecular weight excluding hydrogens is 370 g/mol. The van der Waals surface area contributed by atoms with Crippen LogP contribution in [0.5, 0.6) is 0 Å². The van der Waals surface area contributed by atoms with Gasteiger partial charge in [-0.2, -0.15) is 5.10 Å². The summed E-state index contributed by atoms with van der Waals surface area (Å²) in [6.07, 6.45) is 1.31. The van der Waals surface area contributed by atoms with Crippen molar-refractivity contribution in [2.45, 2.75) is 6.92 Å². The second-order valence-electron chi connectivity index (χ2n) is 5.64. The van der Waals surface area contributed by atoms with Gasteiger partial charge in [0, 0.05) is 16.7 Å². The second-order valence-corrected chi connectivity index (χ2v) is 6.05. The van der Waals surface area contributed by atoms with Crippen LogP contribution in [0.4, 0.5) is 5.69 Å². The number of furan rings is 1. The molecule has 0 aliphatic rings. The molecule has 0 aliphatic heterocycles. The van der Waals surface area contributed by atoms with E-state index in [1.165, 1.54) is 12.3 Å². The molecule has 0 radical (unpaired) electrons. The quantitative estimate of drug-likeness (QED) is 0.396. The van der Waals surface area contributed by atoms with Gasteiger partial charge in [-0.05, 0) is 42.8 Å². The fourth-order valence-electron chi connectivity index (χ4n) is 2.36. The van der Waals surface area contributed by atoms with E-state index in [0.29, 0.717) is 27.7 Å². The Hall–Kier alpha value is -3.45. The summed E-state index contributed by atoms with van der Waals surface area (Å²) >= 11 is 6.00. The van der Waals surface area contributed by atoms with Crippen LogP contribution in [-0.4, -0.2) is 17.0 Å². The maximum atomic E-state index is 12.1. The summed E-state index contributed by atoms with van der Waals surface area (Å²) in [4.78, 5) is 22.7. The molecule has 1 aromatic heterocycles. The van der Waals surface area contributed by atoms with E-state index in [2.05, 4.69) is 10.5 Å². The summed E-state index contributed by atoms with van der Waals surface area (Å²) < 4.78 is 5.56. The molecule has 1 heterocycles. The molecular formula is C19H14ClN3O4. The highest BCUT2D eigenvalue weighted by atomic mass is 35.5. The molecule has 1 N–H and O–H groups in total. The molecule has 27 heavy (non-hydrogen) atoms. The molecule has 1 amide bonds. The zero-order valence-corrected chi connectivity index (χ0v) is 14.9. The van der Waals surface area contributed by atoms with Gasteiger partial charge in [0.05, 0.1) is 16.7 Å². The first kappa shape index (κ1) is 18.3. The van der Waals surface area contributed by atoms with Gasteiger partial charge >= 0.3 is 0 Å². The highest BCUT2D eigenvalue weighted by molar-refractivity contribution is 6.31. The van der Waals surface area contributed by atoms with Crippen molar-refractivity contribution >= 4 is 29.4 Å². The highest BCUT2D eigenvalue weighted by Crippen LogP contribution is 2.30. The van der Waals surface area contributed by atoms with Crippen LogP contribution in [0, 0.1) is 17.0 Å². The maximum Gasteiger partial charge on any atom is 0.280 e. The molecule has 0 saturated heterocycles. The van der Waals surface area contributed by atoms with Gasteiger partial charge in [-0.1, -0.05) is 29.8 Å². The van der Waals surface area contributed by atoms with Gasteiger partial charge in [-0.25, -0.2) is 5.43 Å². The zero-order chi connectivity index (χ0) is 19.4. The van der Waals surface area contributed by atoms with Gasteiger partial charge in [-0.3, -0.25) is 14.9 Å². The van der Waals surface area contributed by atoms with Crippen molar-refractivity contribution in [2.24, 2.45) is 5.10 Å². The number of nitrogens with zero attached hydrogens (tertiary/aromatic N) is 2. The minimum absolute atomic E-state index is 0.0557. The Morgan fingerprint density at radius 1 is 1.22 bits per heavy atom. The lowest BCUT2D eigenvalue weighted by Crippen LogP contribution is -2.17. The van der Waals surface area contributed by atoms with E-state index < -0.39 is 10.8 Å². The van der Waals surface area contributed by atoms with E-state index in [9.17, 15) is 14.9 Å². The minimum atomic E-state index is -0.474. The molecule has 7 nitrogen and oxygen atoms in total. The lowest BCUT2D eigenvalue weighted by molar-refractivity contribution is -0.384. The Balaban J connectivity index is 1.71. The number of rotatable bonds is 5. The molecule has 0 spiro atoms. The van der Waals surface area contributed by atoms with Crippen LogP contribution < -0.4 is 5.43 Å². The van der Waals surface area contributed by atoms with E-state index in [1.807, 2.05) is 6.92 Å². The van der Waals surface area contributed by atoms with Gasteiger partial charge in [0.1, 0.15) is 11.5 Å². The van der Waals surface area contributed by atoms with Crippen LogP contribution in [0.3, 0.4) is 0 Å². The molecule has 0 unspecified atom stereocenters. The fourth-order valence-corrected chi connectivity index (χ4v) is 2.54. The lowest BCUT2D eigenvalue weighted by atomic mass is 10.1. The average Bonchev–Trinajstić information content (AvgIpc) is 3.12. The van der Waals surface area contributed by atoms with Crippen LogP contribution >= 0.6 is 11.6 Å². The number of carbonyl (C=O) groups excluding carboxylic acids is 1. The van der Waals surface area contributed by atoms with Gasteiger partial charge in [-0.15, -0.1) is 0 Å². The third-order valence-corrected chi connectivity index (χ3v) is 4.19. The average molecular weight is 384 g/mol. The first-order chi connectivity index (χ1) is 13.0. The SMILES string of the molecule is Cc1ccc(C(=O)N/N=C\c2ccc(-c3ccccc3[N+](=O)[O-])o2)cc1Cl. The first-order valence-corrected chi connectivity index (χ1v) is 8.26. The van der Waals surface area contributed by atoms with Gasteiger partial charge in [0.2, 0.25) is 0 Å². The van der Waals surface area contributed by atoms with Crippen LogP contribution in [0.25, 0.3) is 11.3 Å². The summed E-state index contributed by atoms with van der Waals surface area (Å²) in [5, 5.41) is 15.4. The third-order valence-electron chi connectivity index (χ3n) is 3.78. The van der Waals surface area contributed by atoms with E-state index >= 15 is 0 Å². The monoisotopic (exact) mass is 383 g/mol. The molecule has 136 valence electrons. The van der Waals surface area contributed by atoms with Crippen molar-refractivity contribution in [1.82, 2.24) is 5.43 Å². The summed E-state index contributed by atoms with van der Waals surface area (Å²) in [5.41, 5.74) is 3.93. The smallest absolute Gasteiger partial charge is 0.280 e. The Morgan fingerprint density at radius 2 is 2.00 bits per heavy atom. The highest BCUT2D eigenvalue weighted by Gasteiger charge is 2.16. The number of hydrogen-bond acceptors (Lipinski definition) is 5. The number of hydrazone groups is 1. The number of aryl methyl sites for hydroxylation is 1. The molecule has 0 bridgehead atoms. The molecule has 0 aliphatic carbocycles. The predicted molar refractivity (Wildman–Crippen MR) is 102 cm³/mol. The molecule has 8 heteroatoms. The summed E-state index contributed by atoms with van der Waals surface area (Å²) in [6, 6.07) is 14.4. The standard InChI is InChI=1S/C19H14ClN3O4/c1-12-6-7-13(10-16(12)20)19(24)22-21-11-14-8-9-18(27-14)15-4-2-3-5-17(15)23(25)26/h2-11H,1H3,(H,22,24)/b21-11-. The Bertz CT molecular complexity index is 1040. The molecule has 2 aromatic carbocycles. The number of benzene rings is 2. The summed E-state index contributed by atoms with van der Waals surface area (Å²) in [5.74, 6) is 0.254. The number of nitro groups is 1. The van der Waals surface area contributed by atoms with Crippen LogP contribution in [-0.2, 0) is 0 Å². The Morgan fingerprint density at radius 3 is 2.74 bits per heavy atom. The maximum absolute atomic E-state index is 12.1. The van der Waals surface area contributed by atoms with Crippen molar-refractivity contribution in [3.63, 3.8) is 0 Å². The number of carbonyl (C=O) groups is 1. The van der Waals surface area contributed by atoms with Crippen molar-refractivity contribution < 1.29 is 14.1 Å². The normalized spacial score (nSPS) is 10.9. The van der Waals surface area contributed by atoms with Crippen molar-refractivity contribution in [3.05, 3.63) is 86.6 Å². The fraction of sp³-hybridized carbons (Fsp3) is 0.0526. The second kappa shape index (κ2) is 7.84. The van der Waals surface area contributed by atoms with Gasteiger partial charge in [0.25, 0.3) is 11.6 Å². The van der Waals surface area contributed by atoms with Crippen molar-refractivity contribution in [1.29, 1.82) is 0 Å². The lowest BCUT2D eigenvalue weighted by Gasteiger charge is -2.02. The van der Waals surface area contributed by atoms with Crippen LogP contribution in [0.1, 0.15) is 21.7 Å². The van der Waals surface area contributed by atoms with Crippen LogP contribution in [0.15, 0.2) is 64.1 Å². The molecule has 0 atom stereocenters. The van der Waals surface area contributed by atoms with Crippen molar-refractivity contribution in [3.8, 4) is 11.3 Å². The molecule has 3 rings (SSSR count). The molecule has 0 fully saturated rings. The van der Waals surface area contributed by atoms with E-state index in [4.69, 9.17) is 16.0 Å². The van der Waals surface area contributed by atoms with Crippen LogP contribution in [0.2, 0.25) is 5.02 Å². The largest absolute Gasteiger partial charge is 0.455 e. The number of halogens is 1. The number of hydrogen-bond donors (Lipinski definition) is 1. The minimum Gasteiger partial charge on any atom is -0.455 e. The number of para-hydroxylation sites is 1. The van der Waals surface area contributed by atoms with Gasteiger partial charge in [0.15, 0.2) is 0 Å². The van der Waals surface area contributed by atoms with Gasteiger partial charge < -0.3 is 4.42 Å². The summed E-state index contributed by atoms with van der Waals surface area (Å²) in [6.45, 7) is 1.84. The number of nitro benzene ring substituents is 1. The van der Waals surface area contributed by atoms with E-state index in [1.54, 1.807) is 48.5 Å². The zero-order valence-electron chi connectivity index (χ0n) is 14.2. The number of nitrogens with one attached hydrogen (secondary N) is 1. The van der Waals surface area contributed by atoms with Crippen molar-refractivity contribution in [2.75, 3.05) is 0 Å². The predicted octanol–water partition coefficient (Wildman–Crippen LogP) is 4.58. The number of amides is 1. The summed E-state index contributed by atoms with van der Waals surface area (Å²) in [7, 11) is 0. The Labute approximate surface area is 159 Å². The topological polar surface area (TPSA) is 97.7 Å². The first-order valence-electron chi connectivity index (χ1n) is 7.89.